The van der Waals surface area contributed by atoms with E-state index >= 15 is 0 Å². The van der Waals surface area contributed by atoms with Crippen LogP contribution in [0.25, 0.3) is 0 Å². The van der Waals surface area contributed by atoms with E-state index in [-0.39, 0.29) is 5.91 Å². The summed E-state index contributed by atoms with van der Waals surface area (Å²) in [4.78, 5) is 15.0. The highest BCUT2D eigenvalue weighted by Crippen LogP contribution is 2.38. The topological polar surface area (TPSA) is 72.1 Å². The predicted molar refractivity (Wildman–Crippen MR) is 102 cm³/mol. The number of fused-ring (bicyclic) bond motifs is 3. The Balaban J connectivity index is 1.66. The third-order valence-electron chi connectivity index (χ3n) is 5.13. The molecule has 1 amide bonds. The van der Waals surface area contributed by atoms with Crippen LogP contribution in [0.15, 0.2) is 12.1 Å². The Morgan fingerprint density at radius 1 is 1.12 bits per heavy atom. The second-order valence-electron chi connectivity index (χ2n) is 6.59. The van der Waals surface area contributed by atoms with Crippen LogP contribution in [0.1, 0.15) is 23.2 Å². The molecule has 1 unspecified atom stereocenters. The summed E-state index contributed by atoms with van der Waals surface area (Å²) in [5, 5.41) is 6.40. The first kappa shape index (κ1) is 18.7. The van der Waals surface area contributed by atoms with Crippen molar-refractivity contribution in [2.45, 2.75) is 18.9 Å². The molecule has 3 fully saturated rings. The van der Waals surface area contributed by atoms with Crippen molar-refractivity contribution < 1.29 is 19.0 Å². The van der Waals surface area contributed by atoms with Gasteiger partial charge >= 0.3 is 0 Å². The molecule has 4 rings (SSSR count). The molecule has 3 aliphatic rings. The van der Waals surface area contributed by atoms with Gasteiger partial charge in [-0.15, -0.1) is 0 Å². The van der Waals surface area contributed by atoms with E-state index in [0.717, 1.165) is 19.6 Å². The van der Waals surface area contributed by atoms with E-state index < -0.39 is 0 Å². The molecule has 8 heteroatoms. The fourth-order valence-corrected chi connectivity index (χ4v) is 3.96. The lowest BCUT2D eigenvalue weighted by Gasteiger charge is -2.45. The maximum absolute atomic E-state index is 12.6. The summed E-state index contributed by atoms with van der Waals surface area (Å²) in [7, 11) is 4.55. The monoisotopic (exact) mass is 379 g/mol. The molecule has 1 aromatic carbocycles. The number of piperidine rings is 3. The number of hydrogen-bond donors (Lipinski definition) is 2. The minimum absolute atomic E-state index is 0.297. The van der Waals surface area contributed by atoms with Crippen LogP contribution >= 0.6 is 12.2 Å². The average Bonchev–Trinajstić information content (AvgIpc) is 2.67. The van der Waals surface area contributed by atoms with Gasteiger partial charge in [0.15, 0.2) is 16.6 Å². The van der Waals surface area contributed by atoms with Gasteiger partial charge in [0, 0.05) is 18.2 Å². The summed E-state index contributed by atoms with van der Waals surface area (Å²) in [6, 6.07) is 3.51. The quantitative estimate of drug-likeness (QED) is 0.750. The van der Waals surface area contributed by atoms with Crippen LogP contribution in [-0.2, 0) is 0 Å². The zero-order chi connectivity index (χ0) is 18.7. The molecule has 0 aliphatic carbocycles. The van der Waals surface area contributed by atoms with Crippen LogP contribution in [0.3, 0.4) is 0 Å². The summed E-state index contributed by atoms with van der Waals surface area (Å²) in [6.07, 6.45) is 2.36. The van der Waals surface area contributed by atoms with Gasteiger partial charge in [-0.05, 0) is 56.2 Å². The van der Waals surface area contributed by atoms with Gasteiger partial charge in [-0.2, -0.15) is 0 Å². The number of carbonyl (C=O) groups is 1. The molecule has 0 spiro atoms. The van der Waals surface area contributed by atoms with E-state index in [0.29, 0.717) is 39.9 Å². The fourth-order valence-electron chi connectivity index (χ4n) is 3.72. The fraction of sp³-hybridized carbons (Fsp3) is 0.556. The van der Waals surface area contributed by atoms with Crippen LogP contribution in [0.4, 0.5) is 0 Å². The molecule has 0 radical (unpaired) electrons. The second-order valence-corrected chi connectivity index (χ2v) is 6.99. The molecule has 3 aliphatic heterocycles. The summed E-state index contributed by atoms with van der Waals surface area (Å²) >= 11 is 5.35. The van der Waals surface area contributed by atoms with Gasteiger partial charge in [0.05, 0.1) is 21.3 Å². The molecule has 26 heavy (non-hydrogen) atoms. The lowest BCUT2D eigenvalue weighted by atomic mass is 9.84. The molecule has 3 saturated heterocycles. The van der Waals surface area contributed by atoms with Crippen LogP contribution < -0.4 is 24.8 Å². The van der Waals surface area contributed by atoms with Crippen molar-refractivity contribution >= 4 is 23.2 Å². The molecular formula is C18H25N3O4S. The summed E-state index contributed by atoms with van der Waals surface area (Å²) in [5.41, 5.74) is 0.387. The van der Waals surface area contributed by atoms with Crippen molar-refractivity contribution in [3.8, 4) is 17.2 Å². The maximum atomic E-state index is 12.6. The standard InChI is InChI=1S/C18H25N3O4S/c1-23-14-8-12(9-15(24-2)16(14)25-3)17(22)20-18(26)19-13-10-21-6-4-11(13)5-7-21/h8-9,11,13H,4-7,10H2,1-3H3,(H2,19,20,22,26). The second kappa shape index (κ2) is 8.09. The van der Waals surface area contributed by atoms with Crippen molar-refractivity contribution in [3.05, 3.63) is 17.7 Å². The van der Waals surface area contributed by atoms with E-state index in [4.69, 9.17) is 26.4 Å². The van der Waals surface area contributed by atoms with Crippen molar-refractivity contribution in [3.63, 3.8) is 0 Å². The first-order chi connectivity index (χ1) is 12.5. The number of hydrogen-bond acceptors (Lipinski definition) is 6. The Bertz CT molecular complexity index is 664. The Hall–Kier alpha value is -2.06. The van der Waals surface area contributed by atoms with Gasteiger partial charge < -0.3 is 24.4 Å². The Kier molecular flexibility index (Phi) is 5.83. The first-order valence-electron chi connectivity index (χ1n) is 8.70. The molecule has 1 atom stereocenters. The van der Waals surface area contributed by atoms with Crippen LogP contribution in [0.5, 0.6) is 17.2 Å². The largest absolute Gasteiger partial charge is 0.493 e. The van der Waals surface area contributed by atoms with E-state index in [1.165, 1.54) is 34.2 Å². The number of ether oxygens (including phenoxy) is 3. The van der Waals surface area contributed by atoms with Crippen LogP contribution in [0, 0.1) is 5.92 Å². The first-order valence-corrected chi connectivity index (χ1v) is 9.10. The van der Waals surface area contributed by atoms with Gasteiger partial charge in [0.1, 0.15) is 0 Å². The highest BCUT2D eigenvalue weighted by Gasteiger charge is 2.34. The lowest BCUT2D eigenvalue weighted by Crippen LogP contribution is -2.59. The van der Waals surface area contributed by atoms with E-state index in [1.807, 2.05) is 0 Å². The van der Waals surface area contributed by atoms with Crippen molar-refractivity contribution in [2.24, 2.45) is 5.92 Å². The molecule has 0 saturated carbocycles. The normalized spacial score (nSPS) is 23.9. The van der Waals surface area contributed by atoms with Gasteiger partial charge in [0.2, 0.25) is 5.75 Å². The lowest BCUT2D eigenvalue weighted by molar-refractivity contribution is 0.0807. The average molecular weight is 379 g/mol. The molecule has 7 nitrogen and oxygen atoms in total. The number of nitrogens with zero attached hydrogens (tertiary/aromatic N) is 1. The highest BCUT2D eigenvalue weighted by molar-refractivity contribution is 7.80. The van der Waals surface area contributed by atoms with E-state index in [1.54, 1.807) is 12.1 Å². The predicted octanol–water partition coefficient (Wildman–Crippen LogP) is 1.41. The van der Waals surface area contributed by atoms with Crippen molar-refractivity contribution in [1.82, 2.24) is 15.5 Å². The van der Waals surface area contributed by atoms with Crippen LogP contribution in [0.2, 0.25) is 0 Å². The van der Waals surface area contributed by atoms with Crippen LogP contribution in [-0.4, -0.2) is 62.9 Å². The Morgan fingerprint density at radius 3 is 2.19 bits per heavy atom. The molecule has 1 aromatic rings. The Morgan fingerprint density at radius 2 is 1.73 bits per heavy atom. The highest BCUT2D eigenvalue weighted by atomic mass is 32.1. The number of methoxy groups -OCH3 is 3. The molecule has 2 N–H and O–H groups in total. The van der Waals surface area contributed by atoms with E-state index in [2.05, 4.69) is 15.5 Å². The van der Waals surface area contributed by atoms with Crippen molar-refractivity contribution in [1.29, 1.82) is 0 Å². The summed E-state index contributed by atoms with van der Waals surface area (Å²) < 4.78 is 15.9. The number of thiocarbonyl (C=S) groups is 1. The van der Waals surface area contributed by atoms with Gasteiger partial charge in [-0.25, -0.2) is 0 Å². The van der Waals surface area contributed by atoms with Gasteiger partial charge in [0.25, 0.3) is 5.91 Å². The molecule has 3 heterocycles. The van der Waals surface area contributed by atoms with E-state index in [9.17, 15) is 4.79 Å². The number of nitrogens with one attached hydrogen (secondary N) is 2. The minimum atomic E-state index is -0.317. The number of benzene rings is 1. The summed E-state index contributed by atoms with van der Waals surface area (Å²) in [6.45, 7) is 3.30. The zero-order valence-electron chi connectivity index (χ0n) is 15.3. The molecule has 142 valence electrons. The molecule has 2 bridgehead atoms. The smallest absolute Gasteiger partial charge is 0.257 e. The van der Waals surface area contributed by atoms with Gasteiger partial charge in [-0.1, -0.05) is 0 Å². The molecule has 0 aromatic heterocycles. The number of carbonyl (C=O) groups excluding carboxylic acids is 1. The maximum Gasteiger partial charge on any atom is 0.257 e. The summed E-state index contributed by atoms with van der Waals surface area (Å²) in [5.74, 6) is 1.60. The number of rotatable bonds is 5. The van der Waals surface area contributed by atoms with Crippen molar-refractivity contribution in [2.75, 3.05) is 41.0 Å². The third kappa shape index (κ3) is 3.86. The minimum Gasteiger partial charge on any atom is -0.493 e. The Labute approximate surface area is 159 Å². The SMILES string of the molecule is COc1cc(C(=O)NC(=S)NC2CN3CCC2CC3)cc(OC)c1OC. The molecular weight excluding hydrogens is 354 g/mol. The van der Waals surface area contributed by atoms with Gasteiger partial charge in [-0.3, -0.25) is 10.1 Å². The number of amides is 1. The zero-order valence-corrected chi connectivity index (χ0v) is 16.1. The third-order valence-corrected chi connectivity index (χ3v) is 5.35.